The summed E-state index contributed by atoms with van der Waals surface area (Å²) in [5.41, 5.74) is 1.33. The van der Waals surface area contributed by atoms with Crippen LogP contribution < -0.4 is 0 Å². The lowest BCUT2D eigenvalue weighted by atomic mass is 9.78. The minimum atomic E-state index is -0.373. The summed E-state index contributed by atoms with van der Waals surface area (Å²) < 4.78 is 0. The molecule has 1 aromatic carbocycles. The molecule has 4 atom stereocenters. The van der Waals surface area contributed by atoms with E-state index in [9.17, 15) is 10.2 Å². The smallest absolute Gasteiger partial charge is 0.0710 e. The Kier molecular flexibility index (Phi) is 8.78. The zero-order valence-corrected chi connectivity index (χ0v) is 17.7. The first-order valence-corrected chi connectivity index (χ1v) is 11.4. The first kappa shape index (κ1) is 21.8. The van der Waals surface area contributed by atoms with E-state index in [-0.39, 0.29) is 24.0 Å². The molecule has 1 saturated heterocycles. The van der Waals surface area contributed by atoms with Gasteiger partial charge in [0, 0.05) is 25.6 Å². The quantitative estimate of drug-likeness (QED) is 0.832. The lowest BCUT2D eigenvalue weighted by molar-refractivity contribution is -0.0223. The molecule has 1 aliphatic carbocycles. The van der Waals surface area contributed by atoms with E-state index in [2.05, 4.69) is 47.2 Å². The van der Waals surface area contributed by atoms with Crippen molar-refractivity contribution < 1.29 is 10.2 Å². The molecule has 1 aromatic rings. The summed E-state index contributed by atoms with van der Waals surface area (Å²) >= 11 is 0. The SMILES string of the molecule is CN1CCCN(Cc2ccccc2)CC(C2CCCCCCCC2O)C(O)C1. The minimum absolute atomic E-state index is 0.136. The molecule has 0 spiro atoms. The molecule has 4 unspecified atom stereocenters. The van der Waals surface area contributed by atoms with Crippen LogP contribution in [-0.2, 0) is 6.54 Å². The summed E-state index contributed by atoms with van der Waals surface area (Å²) in [6.07, 6.45) is 8.50. The number of likely N-dealkylation sites (N-methyl/N-ethyl adjacent to an activating group) is 1. The topological polar surface area (TPSA) is 46.9 Å². The van der Waals surface area contributed by atoms with Crippen LogP contribution in [0.25, 0.3) is 0 Å². The summed E-state index contributed by atoms with van der Waals surface area (Å²) in [5, 5.41) is 22.2. The van der Waals surface area contributed by atoms with Crippen molar-refractivity contribution in [1.82, 2.24) is 9.80 Å². The maximum Gasteiger partial charge on any atom is 0.0710 e. The van der Waals surface area contributed by atoms with Crippen LogP contribution in [-0.4, -0.2) is 65.4 Å². The molecule has 2 N–H and O–H groups in total. The second-order valence-corrected chi connectivity index (χ2v) is 9.14. The van der Waals surface area contributed by atoms with Crippen molar-refractivity contribution in [3.05, 3.63) is 35.9 Å². The minimum Gasteiger partial charge on any atom is -0.393 e. The molecule has 28 heavy (non-hydrogen) atoms. The fourth-order valence-electron chi connectivity index (χ4n) is 5.20. The molecule has 2 fully saturated rings. The Balaban J connectivity index is 1.78. The standard InChI is InChI=1S/C24H40N2O2/c1-25-15-10-16-26(17-20-11-6-5-7-12-20)18-22(24(28)19-25)21-13-8-3-2-4-9-14-23(21)27/h5-7,11-12,21-24,27-28H,2-4,8-10,13-19H2,1H3. The van der Waals surface area contributed by atoms with Crippen molar-refractivity contribution in [3.63, 3.8) is 0 Å². The highest BCUT2D eigenvalue weighted by molar-refractivity contribution is 5.14. The first-order chi connectivity index (χ1) is 13.6. The lowest BCUT2D eigenvalue weighted by Crippen LogP contribution is -2.45. The zero-order chi connectivity index (χ0) is 19.8. The molecule has 4 heteroatoms. The third-order valence-corrected chi connectivity index (χ3v) is 6.81. The highest BCUT2D eigenvalue weighted by Gasteiger charge is 2.35. The molecule has 1 saturated carbocycles. The second-order valence-electron chi connectivity index (χ2n) is 9.14. The number of β-amino-alcohol motifs (C(OH)–C–C–N with tert-alkyl or cyclic N) is 1. The Labute approximate surface area is 171 Å². The molecule has 0 radical (unpaired) electrons. The number of aliphatic hydroxyl groups is 2. The van der Waals surface area contributed by atoms with Gasteiger partial charge in [-0.1, -0.05) is 62.4 Å². The third kappa shape index (κ3) is 6.55. The molecule has 1 heterocycles. The highest BCUT2D eigenvalue weighted by atomic mass is 16.3. The molecule has 0 amide bonds. The van der Waals surface area contributed by atoms with Gasteiger partial charge >= 0.3 is 0 Å². The Morgan fingerprint density at radius 1 is 0.786 bits per heavy atom. The van der Waals surface area contributed by atoms with Crippen molar-refractivity contribution in [2.75, 3.05) is 33.2 Å². The Morgan fingerprint density at radius 3 is 2.29 bits per heavy atom. The van der Waals surface area contributed by atoms with E-state index in [0.717, 1.165) is 51.9 Å². The van der Waals surface area contributed by atoms with Crippen LogP contribution in [0.15, 0.2) is 30.3 Å². The van der Waals surface area contributed by atoms with Gasteiger partial charge < -0.3 is 15.1 Å². The van der Waals surface area contributed by atoms with Crippen LogP contribution in [0, 0.1) is 11.8 Å². The average Bonchev–Trinajstić information content (AvgIpc) is 2.82. The summed E-state index contributed by atoms with van der Waals surface area (Å²) in [6, 6.07) is 10.7. The van der Waals surface area contributed by atoms with Gasteiger partial charge in [0.1, 0.15) is 0 Å². The van der Waals surface area contributed by atoms with Crippen LogP contribution >= 0.6 is 0 Å². The highest BCUT2D eigenvalue weighted by Crippen LogP contribution is 2.32. The van der Waals surface area contributed by atoms with Crippen molar-refractivity contribution in [3.8, 4) is 0 Å². The van der Waals surface area contributed by atoms with Crippen LogP contribution in [0.5, 0.6) is 0 Å². The summed E-state index contributed by atoms with van der Waals surface area (Å²) in [7, 11) is 2.12. The van der Waals surface area contributed by atoms with E-state index in [1.807, 2.05) is 0 Å². The lowest BCUT2D eigenvalue weighted by Gasteiger charge is -2.37. The van der Waals surface area contributed by atoms with Crippen molar-refractivity contribution in [1.29, 1.82) is 0 Å². The number of hydrogen-bond acceptors (Lipinski definition) is 4. The summed E-state index contributed by atoms with van der Waals surface area (Å²) in [5.74, 6) is 0.343. The van der Waals surface area contributed by atoms with E-state index in [1.54, 1.807) is 0 Å². The first-order valence-electron chi connectivity index (χ1n) is 11.4. The molecule has 0 aromatic heterocycles. The summed E-state index contributed by atoms with van der Waals surface area (Å²) in [4.78, 5) is 4.78. The summed E-state index contributed by atoms with van der Waals surface area (Å²) in [6.45, 7) is 4.59. The van der Waals surface area contributed by atoms with Gasteiger partial charge in [0.2, 0.25) is 0 Å². The molecule has 3 rings (SSSR count). The van der Waals surface area contributed by atoms with Crippen LogP contribution in [0.1, 0.15) is 56.9 Å². The Bertz CT molecular complexity index is 553. The van der Waals surface area contributed by atoms with Crippen molar-refractivity contribution >= 4 is 0 Å². The van der Waals surface area contributed by atoms with Gasteiger partial charge in [0.25, 0.3) is 0 Å². The normalized spacial score (nSPS) is 32.4. The molecular formula is C24H40N2O2. The van der Waals surface area contributed by atoms with E-state index in [4.69, 9.17) is 0 Å². The van der Waals surface area contributed by atoms with E-state index >= 15 is 0 Å². The van der Waals surface area contributed by atoms with E-state index in [1.165, 1.54) is 31.2 Å². The molecule has 158 valence electrons. The van der Waals surface area contributed by atoms with E-state index in [0.29, 0.717) is 6.54 Å². The number of rotatable bonds is 3. The van der Waals surface area contributed by atoms with Gasteiger partial charge in [-0.25, -0.2) is 0 Å². The van der Waals surface area contributed by atoms with Crippen LogP contribution in [0.2, 0.25) is 0 Å². The molecule has 4 nitrogen and oxygen atoms in total. The maximum absolute atomic E-state index is 11.2. The van der Waals surface area contributed by atoms with Gasteiger partial charge in [-0.2, -0.15) is 0 Å². The van der Waals surface area contributed by atoms with Gasteiger partial charge in [0.05, 0.1) is 12.2 Å². The van der Waals surface area contributed by atoms with Gasteiger partial charge in [0.15, 0.2) is 0 Å². The maximum atomic E-state index is 11.2. The zero-order valence-electron chi connectivity index (χ0n) is 17.7. The number of aliphatic hydroxyl groups excluding tert-OH is 2. The number of benzene rings is 1. The number of hydrogen-bond donors (Lipinski definition) is 2. The fraction of sp³-hybridized carbons (Fsp3) is 0.750. The monoisotopic (exact) mass is 388 g/mol. The van der Waals surface area contributed by atoms with E-state index < -0.39 is 0 Å². The van der Waals surface area contributed by atoms with Crippen LogP contribution in [0.4, 0.5) is 0 Å². The molecule has 1 aliphatic heterocycles. The third-order valence-electron chi connectivity index (χ3n) is 6.81. The van der Waals surface area contributed by atoms with Crippen LogP contribution in [0.3, 0.4) is 0 Å². The van der Waals surface area contributed by atoms with Gasteiger partial charge in [-0.15, -0.1) is 0 Å². The Hall–Kier alpha value is -0.940. The molecule has 0 bridgehead atoms. The molecular weight excluding hydrogens is 348 g/mol. The fourth-order valence-corrected chi connectivity index (χ4v) is 5.20. The van der Waals surface area contributed by atoms with Gasteiger partial charge in [-0.3, -0.25) is 4.90 Å². The predicted molar refractivity (Wildman–Crippen MR) is 115 cm³/mol. The second kappa shape index (κ2) is 11.3. The average molecular weight is 389 g/mol. The predicted octanol–water partition coefficient (Wildman–Crippen LogP) is 3.52. The van der Waals surface area contributed by atoms with Gasteiger partial charge in [-0.05, 0) is 50.9 Å². The Morgan fingerprint density at radius 2 is 1.50 bits per heavy atom. The van der Waals surface area contributed by atoms with Crippen molar-refractivity contribution in [2.24, 2.45) is 11.8 Å². The van der Waals surface area contributed by atoms with Crippen molar-refractivity contribution in [2.45, 2.75) is 70.1 Å². The molecule has 2 aliphatic rings. The number of nitrogens with zero attached hydrogens (tertiary/aromatic N) is 2. The largest absolute Gasteiger partial charge is 0.393 e.